The number of benzene rings is 2. The quantitative estimate of drug-likeness (QED) is 0.139. The molecule has 2 aromatic carbocycles. The van der Waals surface area contributed by atoms with Gasteiger partial charge in [-0.1, -0.05) is 38.1 Å². The third kappa shape index (κ3) is 6.21. The van der Waals surface area contributed by atoms with E-state index in [9.17, 15) is 35.3 Å². The number of imidazole rings is 1. The fraction of sp³-hybridized carbons (Fsp3) is 0.393. The van der Waals surface area contributed by atoms with Crippen LogP contribution in [-0.2, 0) is 22.6 Å². The molecule has 3 heterocycles. The third-order valence-electron chi connectivity index (χ3n) is 6.92. The van der Waals surface area contributed by atoms with Gasteiger partial charge in [0.25, 0.3) is 0 Å². The number of pyridine rings is 1. The number of hydrogen-bond acceptors (Lipinski definition) is 12. The van der Waals surface area contributed by atoms with Crippen molar-refractivity contribution in [2.45, 2.75) is 57.7 Å². The summed E-state index contributed by atoms with van der Waals surface area (Å²) in [6.45, 7) is 3.86. The minimum Gasteiger partial charge on any atom is -0.455 e. The van der Waals surface area contributed by atoms with Gasteiger partial charge < -0.3 is 39.2 Å². The smallest absolute Gasteiger partial charge is 0.413 e. The van der Waals surface area contributed by atoms with Crippen LogP contribution in [0.4, 0.5) is 16.3 Å². The van der Waals surface area contributed by atoms with Crippen molar-refractivity contribution in [3.8, 4) is 5.75 Å². The highest BCUT2D eigenvalue weighted by Crippen LogP contribution is 2.33. The van der Waals surface area contributed by atoms with Crippen molar-refractivity contribution < 1.29 is 44.4 Å². The van der Waals surface area contributed by atoms with Crippen LogP contribution in [0.2, 0.25) is 0 Å². The molecule has 1 fully saturated rings. The zero-order valence-corrected chi connectivity index (χ0v) is 23.2. The van der Waals surface area contributed by atoms with Crippen molar-refractivity contribution in [1.82, 2.24) is 14.5 Å². The highest BCUT2D eigenvalue weighted by atomic mass is 16.7. The van der Waals surface area contributed by atoms with E-state index in [0.29, 0.717) is 23.5 Å². The number of para-hydroxylation sites is 1. The molecular formula is C28H31N5O10. The topological polar surface area (TPSA) is 212 Å². The number of rotatable bonds is 9. The number of hydrogen-bond donors (Lipinski definition) is 5. The number of carbonyl (C=O) groups excluding carboxylic acids is 1. The van der Waals surface area contributed by atoms with E-state index in [4.69, 9.17) is 14.2 Å². The van der Waals surface area contributed by atoms with Gasteiger partial charge in [-0.3, -0.25) is 15.4 Å². The van der Waals surface area contributed by atoms with Gasteiger partial charge in [-0.2, -0.15) is 0 Å². The molecule has 1 saturated heterocycles. The van der Waals surface area contributed by atoms with Crippen LogP contribution >= 0.6 is 0 Å². The first kappa shape index (κ1) is 30.1. The molecule has 4 aromatic rings. The number of nitro benzene ring substituents is 1. The van der Waals surface area contributed by atoms with Crippen LogP contribution in [-0.4, -0.2) is 83.3 Å². The number of nitro groups is 1. The zero-order chi connectivity index (χ0) is 30.8. The minimum atomic E-state index is -1.75. The number of aliphatic hydroxyl groups is 4. The van der Waals surface area contributed by atoms with Crippen LogP contribution in [0.5, 0.6) is 5.75 Å². The Balaban J connectivity index is 1.31. The summed E-state index contributed by atoms with van der Waals surface area (Å²) in [6.07, 6.45) is -7.11. The van der Waals surface area contributed by atoms with E-state index in [2.05, 4.69) is 29.1 Å². The number of anilines is 1. The second-order valence-electron chi connectivity index (χ2n) is 10.5. The summed E-state index contributed by atoms with van der Waals surface area (Å²) in [5.74, 6) is 0.237. The lowest BCUT2D eigenvalue weighted by Crippen LogP contribution is -2.60. The van der Waals surface area contributed by atoms with E-state index in [0.717, 1.165) is 17.0 Å². The fourth-order valence-electron chi connectivity index (χ4n) is 4.87. The minimum absolute atomic E-state index is 0.204. The van der Waals surface area contributed by atoms with Crippen LogP contribution in [0.3, 0.4) is 0 Å². The van der Waals surface area contributed by atoms with Gasteiger partial charge in [-0.05, 0) is 23.6 Å². The average Bonchev–Trinajstić information content (AvgIpc) is 3.40. The van der Waals surface area contributed by atoms with E-state index in [-0.39, 0.29) is 23.7 Å². The monoisotopic (exact) mass is 597 g/mol. The Morgan fingerprint density at radius 1 is 1.16 bits per heavy atom. The Hall–Kier alpha value is -4.41. The van der Waals surface area contributed by atoms with Crippen molar-refractivity contribution >= 4 is 39.5 Å². The van der Waals surface area contributed by atoms with Crippen molar-refractivity contribution in [3.63, 3.8) is 0 Å². The van der Waals surface area contributed by atoms with Crippen LogP contribution < -0.4 is 10.1 Å². The molecule has 0 spiro atoms. The molecule has 0 bridgehead atoms. The lowest BCUT2D eigenvalue weighted by atomic mass is 9.99. The molecule has 1 aliphatic heterocycles. The molecule has 0 saturated carbocycles. The van der Waals surface area contributed by atoms with E-state index >= 15 is 0 Å². The van der Waals surface area contributed by atoms with E-state index in [1.807, 2.05) is 28.8 Å². The maximum atomic E-state index is 12.8. The van der Waals surface area contributed by atoms with Gasteiger partial charge in [0.2, 0.25) is 6.29 Å². The van der Waals surface area contributed by atoms with E-state index in [1.165, 1.54) is 12.1 Å². The Labute approximate surface area is 244 Å². The van der Waals surface area contributed by atoms with Gasteiger partial charge in [-0.15, -0.1) is 0 Å². The van der Waals surface area contributed by atoms with E-state index in [1.54, 1.807) is 6.33 Å². The predicted molar refractivity (Wildman–Crippen MR) is 151 cm³/mol. The lowest BCUT2D eigenvalue weighted by molar-refractivity contribution is -0.387. The first-order valence-electron chi connectivity index (χ1n) is 13.5. The molecule has 228 valence electrons. The van der Waals surface area contributed by atoms with Gasteiger partial charge in [0.05, 0.1) is 28.9 Å². The molecule has 5 rings (SSSR count). The van der Waals surface area contributed by atoms with Crippen molar-refractivity contribution in [2.75, 3.05) is 11.9 Å². The molecule has 5 N–H and O–H groups in total. The highest BCUT2D eigenvalue weighted by Gasteiger charge is 2.45. The number of nitrogens with one attached hydrogen (secondary N) is 1. The van der Waals surface area contributed by atoms with Crippen molar-refractivity contribution in [3.05, 3.63) is 64.5 Å². The summed E-state index contributed by atoms with van der Waals surface area (Å²) in [6, 6.07) is 11.2. The Morgan fingerprint density at radius 2 is 1.93 bits per heavy atom. The molecule has 0 aliphatic carbocycles. The predicted octanol–water partition coefficient (Wildman–Crippen LogP) is 2.08. The largest absolute Gasteiger partial charge is 0.455 e. The molecule has 15 heteroatoms. The first-order chi connectivity index (χ1) is 20.6. The van der Waals surface area contributed by atoms with Gasteiger partial charge in [0, 0.05) is 18.0 Å². The summed E-state index contributed by atoms with van der Waals surface area (Å²) in [5, 5.41) is 54.8. The zero-order valence-electron chi connectivity index (χ0n) is 23.2. The average molecular weight is 598 g/mol. The third-order valence-corrected chi connectivity index (χ3v) is 6.92. The second-order valence-corrected chi connectivity index (χ2v) is 10.5. The number of fused-ring (bicyclic) bond motifs is 3. The van der Waals surface area contributed by atoms with Crippen LogP contribution in [0.25, 0.3) is 21.9 Å². The number of nitrogens with zero attached hydrogens (tertiary/aromatic N) is 4. The van der Waals surface area contributed by atoms with Gasteiger partial charge >= 0.3 is 11.8 Å². The molecule has 0 radical (unpaired) electrons. The summed E-state index contributed by atoms with van der Waals surface area (Å²) >= 11 is 0. The Bertz CT molecular complexity index is 1640. The number of amides is 1. The summed E-state index contributed by atoms with van der Waals surface area (Å²) in [7, 11) is 0. The fourth-order valence-corrected chi connectivity index (χ4v) is 4.87. The SMILES string of the molecule is CC(C)Cn1cnc2c(NC(=O)OCc3ccc(O[C@@H]4O[C@H](CO)[C@H](O)[C@H](O)[C@H]4O)c([N+](=O)[O-])c3)nc3ccccc3c21. The van der Waals surface area contributed by atoms with Gasteiger partial charge in [0.1, 0.15) is 36.5 Å². The molecule has 0 unspecified atom stereocenters. The first-order valence-corrected chi connectivity index (χ1v) is 13.5. The standard InChI is InChI=1S/C28H31N5O10/c1-14(2)10-32-13-29-21-22(32)16-5-3-4-6-17(16)30-26(21)31-28(38)41-12-15-7-8-19(18(9-15)33(39)40)42-27-25(37)24(36)23(35)20(11-34)43-27/h3-9,13-14,20,23-25,27,34-37H,10-12H2,1-2H3,(H,30,31,38)/t20-,23+,24+,25-,27-/m1/s1. The summed E-state index contributed by atoms with van der Waals surface area (Å²) < 4.78 is 18.0. The summed E-state index contributed by atoms with van der Waals surface area (Å²) in [5.41, 5.74) is 1.68. The molecule has 15 nitrogen and oxygen atoms in total. The maximum Gasteiger partial charge on any atom is 0.413 e. The lowest BCUT2D eigenvalue weighted by Gasteiger charge is -2.39. The molecular weight excluding hydrogens is 566 g/mol. The number of aromatic nitrogens is 3. The van der Waals surface area contributed by atoms with Crippen molar-refractivity contribution in [1.29, 1.82) is 0 Å². The van der Waals surface area contributed by atoms with Crippen LogP contribution in [0, 0.1) is 16.0 Å². The molecule has 2 aromatic heterocycles. The van der Waals surface area contributed by atoms with Crippen LogP contribution in [0.1, 0.15) is 19.4 Å². The highest BCUT2D eigenvalue weighted by molar-refractivity contribution is 6.08. The maximum absolute atomic E-state index is 12.8. The Morgan fingerprint density at radius 3 is 2.65 bits per heavy atom. The number of carbonyl (C=O) groups is 1. The molecule has 1 amide bonds. The molecule has 1 aliphatic rings. The Kier molecular flexibility index (Phi) is 8.70. The normalized spacial score (nSPS) is 22.2. The molecule has 5 atom stereocenters. The van der Waals surface area contributed by atoms with Crippen LogP contribution in [0.15, 0.2) is 48.8 Å². The second kappa shape index (κ2) is 12.4. The van der Waals surface area contributed by atoms with Gasteiger partial charge in [-0.25, -0.2) is 14.8 Å². The number of aliphatic hydroxyl groups excluding tert-OH is 4. The molecule has 43 heavy (non-hydrogen) atoms. The number of ether oxygens (including phenoxy) is 3. The van der Waals surface area contributed by atoms with Crippen molar-refractivity contribution in [2.24, 2.45) is 5.92 Å². The van der Waals surface area contributed by atoms with Gasteiger partial charge in [0.15, 0.2) is 11.6 Å². The van der Waals surface area contributed by atoms with E-state index < -0.39 is 54.0 Å². The summed E-state index contributed by atoms with van der Waals surface area (Å²) in [4.78, 5) is 32.8.